The molecule has 108 valence electrons. The van der Waals surface area contributed by atoms with Gasteiger partial charge in [0.1, 0.15) is 12.1 Å². The third kappa shape index (κ3) is 3.17. The number of carboxylic acid groups (broad SMARTS) is 1. The normalized spacial score (nSPS) is 21.1. The SMILES string of the molecule is NC(C(=O)N1CCCCCC1C(=O)O)c1ccccc1. The Kier molecular flexibility index (Phi) is 4.74. The van der Waals surface area contributed by atoms with Gasteiger partial charge in [-0.15, -0.1) is 0 Å². The summed E-state index contributed by atoms with van der Waals surface area (Å²) >= 11 is 0. The fraction of sp³-hybridized carbons (Fsp3) is 0.467. The Labute approximate surface area is 118 Å². The molecule has 1 aromatic carbocycles. The predicted molar refractivity (Wildman–Crippen MR) is 75.0 cm³/mol. The van der Waals surface area contributed by atoms with Crippen molar-refractivity contribution in [1.29, 1.82) is 0 Å². The first-order valence-corrected chi connectivity index (χ1v) is 6.95. The Morgan fingerprint density at radius 2 is 1.90 bits per heavy atom. The first kappa shape index (κ1) is 14.5. The van der Waals surface area contributed by atoms with Crippen LogP contribution in [0.3, 0.4) is 0 Å². The minimum atomic E-state index is -0.944. The van der Waals surface area contributed by atoms with Gasteiger partial charge in [-0.25, -0.2) is 4.79 Å². The molecule has 3 N–H and O–H groups in total. The summed E-state index contributed by atoms with van der Waals surface area (Å²) in [7, 11) is 0. The van der Waals surface area contributed by atoms with Crippen molar-refractivity contribution in [3.63, 3.8) is 0 Å². The van der Waals surface area contributed by atoms with Crippen molar-refractivity contribution in [1.82, 2.24) is 4.90 Å². The second kappa shape index (κ2) is 6.52. The number of amides is 1. The maximum absolute atomic E-state index is 12.5. The number of carbonyl (C=O) groups is 2. The Balaban J connectivity index is 2.18. The predicted octanol–water partition coefficient (Wildman–Crippen LogP) is 1.54. The molecular formula is C15H20N2O3. The maximum Gasteiger partial charge on any atom is 0.326 e. The summed E-state index contributed by atoms with van der Waals surface area (Å²) < 4.78 is 0. The van der Waals surface area contributed by atoms with Crippen LogP contribution in [0.25, 0.3) is 0 Å². The lowest BCUT2D eigenvalue weighted by Crippen LogP contribution is -2.48. The number of carboxylic acids is 1. The van der Waals surface area contributed by atoms with Gasteiger partial charge in [0.25, 0.3) is 0 Å². The Hall–Kier alpha value is -1.88. The van der Waals surface area contributed by atoms with Crippen LogP contribution in [0, 0.1) is 0 Å². The molecule has 0 spiro atoms. The van der Waals surface area contributed by atoms with Gasteiger partial charge in [0.15, 0.2) is 0 Å². The number of nitrogens with two attached hydrogens (primary N) is 1. The van der Waals surface area contributed by atoms with Crippen LogP contribution in [0.4, 0.5) is 0 Å². The molecule has 2 rings (SSSR count). The summed E-state index contributed by atoms with van der Waals surface area (Å²) in [5.74, 6) is -1.24. The lowest BCUT2D eigenvalue weighted by Gasteiger charge is -2.29. The van der Waals surface area contributed by atoms with Crippen molar-refractivity contribution in [2.45, 2.75) is 37.8 Å². The number of nitrogens with zero attached hydrogens (tertiary/aromatic N) is 1. The summed E-state index contributed by atoms with van der Waals surface area (Å²) in [6, 6.07) is 7.52. The molecule has 5 heteroatoms. The fourth-order valence-corrected chi connectivity index (χ4v) is 2.61. The van der Waals surface area contributed by atoms with Crippen molar-refractivity contribution >= 4 is 11.9 Å². The van der Waals surface area contributed by atoms with Crippen LogP contribution in [-0.2, 0) is 9.59 Å². The second-order valence-corrected chi connectivity index (χ2v) is 5.12. The monoisotopic (exact) mass is 276 g/mol. The third-order valence-corrected chi connectivity index (χ3v) is 3.75. The van der Waals surface area contributed by atoms with E-state index in [-0.39, 0.29) is 5.91 Å². The van der Waals surface area contributed by atoms with Crippen LogP contribution >= 0.6 is 0 Å². The summed E-state index contributed by atoms with van der Waals surface area (Å²) in [6.45, 7) is 0.469. The van der Waals surface area contributed by atoms with E-state index < -0.39 is 18.1 Å². The highest BCUT2D eigenvalue weighted by molar-refractivity contribution is 5.87. The molecule has 0 saturated carbocycles. The summed E-state index contributed by atoms with van der Waals surface area (Å²) in [5.41, 5.74) is 6.71. The van der Waals surface area contributed by atoms with Gasteiger partial charge in [-0.05, 0) is 18.4 Å². The van der Waals surface area contributed by atoms with E-state index in [4.69, 9.17) is 5.73 Å². The zero-order valence-corrected chi connectivity index (χ0v) is 11.4. The van der Waals surface area contributed by atoms with E-state index >= 15 is 0 Å². The van der Waals surface area contributed by atoms with Gasteiger partial charge in [0.05, 0.1) is 0 Å². The second-order valence-electron chi connectivity index (χ2n) is 5.12. The summed E-state index contributed by atoms with van der Waals surface area (Å²) in [6.07, 6.45) is 3.12. The zero-order valence-electron chi connectivity index (χ0n) is 11.4. The lowest BCUT2D eigenvalue weighted by atomic mass is 10.0. The van der Waals surface area contributed by atoms with Crippen molar-refractivity contribution < 1.29 is 14.7 Å². The standard InChI is InChI=1S/C15H20N2O3/c16-13(11-7-3-1-4-8-11)14(18)17-10-6-2-5-9-12(17)15(19)20/h1,3-4,7-8,12-13H,2,5-6,9-10,16H2,(H,19,20). The number of hydrogen-bond acceptors (Lipinski definition) is 3. The molecule has 0 aromatic heterocycles. The average molecular weight is 276 g/mol. The van der Waals surface area contributed by atoms with Crippen LogP contribution in [0.15, 0.2) is 30.3 Å². The van der Waals surface area contributed by atoms with Crippen LogP contribution in [-0.4, -0.2) is 34.5 Å². The van der Waals surface area contributed by atoms with Crippen molar-refractivity contribution in [3.8, 4) is 0 Å². The first-order chi connectivity index (χ1) is 9.61. The number of hydrogen-bond donors (Lipinski definition) is 2. The molecule has 2 atom stereocenters. The third-order valence-electron chi connectivity index (χ3n) is 3.75. The molecule has 1 aromatic rings. The quantitative estimate of drug-likeness (QED) is 0.877. The molecule has 1 amide bonds. The van der Waals surface area contributed by atoms with E-state index in [1.54, 1.807) is 12.1 Å². The van der Waals surface area contributed by atoms with Gasteiger partial charge >= 0.3 is 5.97 Å². The molecule has 1 heterocycles. The lowest BCUT2D eigenvalue weighted by molar-refractivity contribution is -0.150. The molecule has 20 heavy (non-hydrogen) atoms. The van der Waals surface area contributed by atoms with Crippen molar-refractivity contribution in [2.24, 2.45) is 5.73 Å². The largest absolute Gasteiger partial charge is 0.480 e. The minimum Gasteiger partial charge on any atom is -0.480 e. The highest BCUT2D eigenvalue weighted by Crippen LogP contribution is 2.21. The van der Waals surface area contributed by atoms with E-state index in [0.29, 0.717) is 18.5 Å². The highest BCUT2D eigenvalue weighted by atomic mass is 16.4. The van der Waals surface area contributed by atoms with Gasteiger partial charge in [0, 0.05) is 6.54 Å². The number of carbonyl (C=O) groups excluding carboxylic acids is 1. The van der Waals surface area contributed by atoms with Crippen molar-refractivity contribution in [2.75, 3.05) is 6.54 Å². The number of benzene rings is 1. The number of rotatable bonds is 3. The van der Waals surface area contributed by atoms with E-state index in [2.05, 4.69) is 0 Å². The van der Waals surface area contributed by atoms with Gasteiger partial charge in [-0.3, -0.25) is 4.79 Å². The van der Waals surface area contributed by atoms with Crippen LogP contribution < -0.4 is 5.73 Å². The molecule has 2 unspecified atom stereocenters. The Morgan fingerprint density at radius 3 is 2.55 bits per heavy atom. The van der Waals surface area contributed by atoms with Crippen molar-refractivity contribution in [3.05, 3.63) is 35.9 Å². The van der Waals surface area contributed by atoms with Gasteiger partial charge in [-0.1, -0.05) is 43.2 Å². The summed E-state index contributed by atoms with van der Waals surface area (Å²) in [4.78, 5) is 25.3. The first-order valence-electron chi connectivity index (χ1n) is 6.95. The van der Waals surface area contributed by atoms with E-state index in [0.717, 1.165) is 19.3 Å². The van der Waals surface area contributed by atoms with Gasteiger partial charge < -0.3 is 15.7 Å². The van der Waals surface area contributed by atoms with Crippen LogP contribution in [0.1, 0.15) is 37.3 Å². The van der Waals surface area contributed by atoms with Crippen LogP contribution in [0.5, 0.6) is 0 Å². The molecule has 5 nitrogen and oxygen atoms in total. The zero-order chi connectivity index (χ0) is 14.5. The maximum atomic E-state index is 12.5. The average Bonchev–Trinajstić information content (AvgIpc) is 2.72. The van der Waals surface area contributed by atoms with E-state index in [1.165, 1.54) is 4.90 Å². The van der Waals surface area contributed by atoms with E-state index in [1.807, 2.05) is 18.2 Å². The number of aliphatic carboxylic acids is 1. The Bertz CT molecular complexity index is 475. The fourth-order valence-electron chi connectivity index (χ4n) is 2.61. The summed E-state index contributed by atoms with van der Waals surface area (Å²) in [5, 5.41) is 9.30. The molecule has 0 aliphatic carbocycles. The molecule has 1 fully saturated rings. The van der Waals surface area contributed by atoms with Gasteiger partial charge in [0.2, 0.25) is 5.91 Å². The molecule has 0 radical (unpaired) electrons. The highest BCUT2D eigenvalue weighted by Gasteiger charge is 2.33. The molecule has 1 saturated heterocycles. The number of likely N-dealkylation sites (tertiary alicyclic amines) is 1. The Morgan fingerprint density at radius 1 is 1.20 bits per heavy atom. The van der Waals surface area contributed by atoms with E-state index in [9.17, 15) is 14.7 Å². The van der Waals surface area contributed by atoms with Crippen LogP contribution in [0.2, 0.25) is 0 Å². The smallest absolute Gasteiger partial charge is 0.326 e. The topological polar surface area (TPSA) is 83.6 Å². The molecule has 1 aliphatic heterocycles. The minimum absolute atomic E-state index is 0.300. The van der Waals surface area contributed by atoms with Gasteiger partial charge in [-0.2, -0.15) is 0 Å². The molecule has 0 bridgehead atoms. The molecule has 1 aliphatic rings. The molecular weight excluding hydrogens is 256 g/mol.